The summed E-state index contributed by atoms with van der Waals surface area (Å²) in [6.07, 6.45) is 3.00. The summed E-state index contributed by atoms with van der Waals surface area (Å²) in [6, 6.07) is 0. The summed E-state index contributed by atoms with van der Waals surface area (Å²) in [6.45, 7) is 3.97. The lowest BCUT2D eigenvalue weighted by molar-refractivity contribution is 0.0378. The molecule has 2 heterocycles. The summed E-state index contributed by atoms with van der Waals surface area (Å²) < 4.78 is 5.33. The van der Waals surface area contributed by atoms with Crippen molar-refractivity contribution >= 4 is 23.4 Å². The monoisotopic (exact) mass is 286 g/mol. The SMILES string of the molecule is CCNc1ncc(Cl)c(NC2(CO)CCOCC2)n1. The van der Waals surface area contributed by atoms with Crippen molar-refractivity contribution < 1.29 is 9.84 Å². The fourth-order valence-electron chi connectivity index (χ4n) is 2.03. The Morgan fingerprint density at radius 2 is 2.21 bits per heavy atom. The predicted molar refractivity (Wildman–Crippen MR) is 74.7 cm³/mol. The fourth-order valence-corrected chi connectivity index (χ4v) is 2.17. The van der Waals surface area contributed by atoms with Crippen LogP contribution in [-0.4, -0.2) is 47.0 Å². The summed E-state index contributed by atoms with van der Waals surface area (Å²) >= 11 is 6.11. The van der Waals surface area contributed by atoms with E-state index in [1.807, 2.05) is 6.92 Å². The molecule has 1 saturated heterocycles. The quantitative estimate of drug-likeness (QED) is 0.761. The second-order valence-corrected chi connectivity index (χ2v) is 5.00. The van der Waals surface area contributed by atoms with Gasteiger partial charge in [-0.15, -0.1) is 0 Å². The van der Waals surface area contributed by atoms with E-state index in [0.29, 0.717) is 30.0 Å². The van der Waals surface area contributed by atoms with Crippen molar-refractivity contribution in [2.24, 2.45) is 0 Å². The molecule has 1 aliphatic rings. The molecule has 3 N–H and O–H groups in total. The zero-order valence-electron chi connectivity index (χ0n) is 10.9. The third kappa shape index (κ3) is 3.46. The lowest BCUT2D eigenvalue weighted by Crippen LogP contribution is -2.47. The van der Waals surface area contributed by atoms with Crippen molar-refractivity contribution in [3.8, 4) is 0 Å². The number of hydrogen-bond acceptors (Lipinski definition) is 6. The van der Waals surface area contributed by atoms with E-state index in [0.717, 1.165) is 19.4 Å². The van der Waals surface area contributed by atoms with Gasteiger partial charge in [-0.1, -0.05) is 11.6 Å². The maximum atomic E-state index is 9.65. The van der Waals surface area contributed by atoms with Crippen LogP contribution in [0.3, 0.4) is 0 Å². The Balaban J connectivity index is 2.18. The van der Waals surface area contributed by atoms with Crippen LogP contribution in [0.4, 0.5) is 11.8 Å². The van der Waals surface area contributed by atoms with Gasteiger partial charge in [0.05, 0.1) is 18.3 Å². The Kier molecular flexibility index (Phi) is 4.79. The van der Waals surface area contributed by atoms with E-state index in [2.05, 4.69) is 20.6 Å². The molecular weight excluding hydrogens is 268 g/mol. The van der Waals surface area contributed by atoms with Gasteiger partial charge in [0, 0.05) is 19.8 Å². The molecule has 1 aliphatic heterocycles. The highest BCUT2D eigenvalue weighted by Crippen LogP contribution is 2.28. The standard InChI is InChI=1S/C12H19ClN4O2/c1-2-14-11-15-7-9(13)10(16-11)17-12(8-18)3-5-19-6-4-12/h7,18H,2-6,8H2,1H3,(H2,14,15,16,17). The van der Waals surface area contributed by atoms with E-state index in [4.69, 9.17) is 16.3 Å². The zero-order chi connectivity index (χ0) is 13.7. The molecule has 0 unspecified atom stereocenters. The largest absolute Gasteiger partial charge is 0.394 e. The Morgan fingerprint density at radius 1 is 1.47 bits per heavy atom. The summed E-state index contributed by atoms with van der Waals surface area (Å²) in [4.78, 5) is 8.42. The highest BCUT2D eigenvalue weighted by atomic mass is 35.5. The van der Waals surface area contributed by atoms with Crippen LogP contribution in [0.1, 0.15) is 19.8 Å². The van der Waals surface area contributed by atoms with E-state index in [9.17, 15) is 5.11 Å². The van der Waals surface area contributed by atoms with Gasteiger partial charge in [0.15, 0.2) is 5.82 Å². The van der Waals surface area contributed by atoms with E-state index >= 15 is 0 Å². The van der Waals surface area contributed by atoms with Crippen LogP contribution >= 0.6 is 11.6 Å². The maximum absolute atomic E-state index is 9.65. The molecule has 2 rings (SSSR count). The van der Waals surface area contributed by atoms with Gasteiger partial charge in [-0.2, -0.15) is 4.98 Å². The molecule has 0 bridgehead atoms. The normalized spacial score (nSPS) is 18.1. The van der Waals surface area contributed by atoms with E-state index in [1.165, 1.54) is 0 Å². The molecular formula is C12H19ClN4O2. The van der Waals surface area contributed by atoms with Crippen molar-refractivity contribution in [3.05, 3.63) is 11.2 Å². The van der Waals surface area contributed by atoms with Crippen molar-refractivity contribution in [1.29, 1.82) is 0 Å². The Bertz CT molecular complexity index is 424. The average molecular weight is 287 g/mol. The molecule has 0 aliphatic carbocycles. The van der Waals surface area contributed by atoms with Gasteiger partial charge in [-0.25, -0.2) is 4.98 Å². The van der Waals surface area contributed by atoms with Crippen molar-refractivity contribution in [2.45, 2.75) is 25.3 Å². The average Bonchev–Trinajstić information content (AvgIpc) is 2.44. The van der Waals surface area contributed by atoms with Gasteiger partial charge in [-0.3, -0.25) is 0 Å². The van der Waals surface area contributed by atoms with Crippen molar-refractivity contribution in [1.82, 2.24) is 9.97 Å². The first-order chi connectivity index (χ1) is 9.19. The first-order valence-corrected chi connectivity index (χ1v) is 6.80. The number of aromatic nitrogens is 2. The van der Waals surface area contributed by atoms with E-state index < -0.39 is 5.54 Å². The highest BCUT2D eigenvalue weighted by molar-refractivity contribution is 6.32. The van der Waals surface area contributed by atoms with Crippen LogP contribution < -0.4 is 10.6 Å². The first kappa shape index (κ1) is 14.3. The number of aliphatic hydroxyl groups is 1. The van der Waals surface area contributed by atoms with E-state index in [-0.39, 0.29) is 6.61 Å². The number of rotatable bonds is 5. The lowest BCUT2D eigenvalue weighted by Gasteiger charge is -2.37. The second-order valence-electron chi connectivity index (χ2n) is 4.60. The number of aliphatic hydroxyl groups excluding tert-OH is 1. The molecule has 0 aromatic carbocycles. The van der Waals surface area contributed by atoms with Crippen LogP contribution in [-0.2, 0) is 4.74 Å². The van der Waals surface area contributed by atoms with Gasteiger partial charge in [-0.05, 0) is 19.8 Å². The van der Waals surface area contributed by atoms with Crippen LogP contribution in [0.15, 0.2) is 6.20 Å². The molecule has 1 aromatic rings. The predicted octanol–water partition coefficient (Wildman–Crippen LogP) is 1.52. The number of ether oxygens (including phenoxy) is 1. The summed E-state index contributed by atoms with van der Waals surface area (Å²) in [5.41, 5.74) is -0.417. The summed E-state index contributed by atoms with van der Waals surface area (Å²) in [7, 11) is 0. The minimum absolute atomic E-state index is 0.0211. The van der Waals surface area contributed by atoms with Crippen LogP contribution in [0.25, 0.3) is 0 Å². The molecule has 0 spiro atoms. The molecule has 19 heavy (non-hydrogen) atoms. The number of anilines is 2. The third-order valence-corrected chi connectivity index (χ3v) is 3.49. The molecule has 0 atom stereocenters. The Hall–Kier alpha value is -1.11. The number of nitrogens with one attached hydrogen (secondary N) is 2. The highest BCUT2D eigenvalue weighted by Gasteiger charge is 2.32. The first-order valence-electron chi connectivity index (χ1n) is 6.42. The third-order valence-electron chi connectivity index (χ3n) is 3.22. The molecule has 106 valence electrons. The Morgan fingerprint density at radius 3 is 2.84 bits per heavy atom. The summed E-state index contributed by atoms with van der Waals surface area (Å²) in [5, 5.41) is 16.4. The van der Waals surface area contributed by atoms with Gasteiger partial charge in [0.2, 0.25) is 5.95 Å². The molecule has 0 saturated carbocycles. The minimum atomic E-state index is -0.417. The van der Waals surface area contributed by atoms with E-state index in [1.54, 1.807) is 6.20 Å². The molecule has 1 aromatic heterocycles. The van der Waals surface area contributed by atoms with Crippen LogP contribution in [0.5, 0.6) is 0 Å². The molecule has 6 nitrogen and oxygen atoms in total. The zero-order valence-corrected chi connectivity index (χ0v) is 11.7. The van der Waals surface area contributed by atoms with Crippen LogP contribution in [0.2, 0.25) is 5.02 Å². The molecule has 0 radical (unpaired) electrons. The lowest BCUT2D eigenvalue weighted by atomic mass is 9.91. The van der Waals surface area contributed by atoms with Crippen LogP contribution in [0, 0.1) is 0 Å². The molecule has 7 heteroatoms. The van der Waals surface area contributed by atoms with Gasteiger partial charge in [0.25, 0.3) is 0 Å². The van der Waals surface area contributed by atoms with Gasteiger partial charge in [0.1, 0.15) is 5.02 Å². The van der Waals surface area contributed by atoms with Crippen molar-refractivity contribution in [2.75, 3.05) is 37.0 Å². The Labute approximate surface area is 117 Å². The number of hydrogen-bond donors (Lipinski definition) is 3. The fraction of sp³-hybridized carbons (Fsp3) is 0.667. The topological polar surface area (TPSA) is 79.3 Å². The van der Waals surface area contributed by atoms with Gasteiger partial charge >= 0.3 is 0 Å². The molecule has 0 amide bonds. The second kappa shape index (κ2) is 6.36. The minimum Gasteiger partial charge on any atom is -0.394 e. The smallest absolute Gasteiger partial charge is 0.224 e. The summed E-state index contributed by atoms with van der Waals surface area (Å²) in [5.74, 6) is 1.07. The molecule has 1 fully saturated rings. The maximum Gasteiger partial charge on any atom is 0.224 e. The number of nitrogens with zero attached hydrogens (tertiary/aromatic N) is 2. The van der Waals surface area contributed by atoms with Gasteiger partial charge < -0.3 is 20.5 Å². The van der Waals surface area contributed by atoms with Crippen molar-refractivity contribution in [3.63, 3.8) is 0 Å². The number of halogens is 1.